The maximum atomic E-state index is 13.9. The highest BCUT2D eigenvalue weighted by Crippen LogP contribution is 2.27. The highest BCUT2D eigenvalue weighted by atomic mass is 32.2. The molecule has 5 heteroatoms. The summed E-state index contributed by atoms with van der Waals surface area (Å²) in [5, 5.41) is 0. The lowest BCUT2D eigenvalue weighted by Gasteiger charge is -2.05. The fourth-order valence-electron chi connectivity index (χ4n) is 1.64. The summed E-state index contributed by atoms with van der Waals surface area (Å²) in [7, 11) is 0. The summed E-state index contributed by atoms with van der Waals surface area (Å²) < 4.78 is 40.4. The zero-order valence-electron chi connectivity index (χ0n) is 11.0. The van der Waals surface area contributed by atoms with Crippen LogP contribution in [0.15, 0.2) is 41.3 Å². The molecule has 0 aliphatic rings. The monoisotopic (exact) mass is 307 g/mol. The standard InChI is InChI=1S/C16H12F3NS/c17-13-5-6-14(18)16(9-13)21-10-12-4-3-11(2-1-7-20)8-15(12)19/h3-6,8-9H,7,10,20H2. The molecule has 2 rings (SSSR count). The zero-order valence-corrected chi connectivity index (χ0v) is 11.8. The van der Waals surface area contributed by atoms with E-state index in [4.69, 9.17) is 5.73 Å². The third-order valence-electron chi connectivity index (χ3n) is 2.66. The summed E-state index contributed by atoms with van der Waals surface area (Å²) in [6.45, 7) is 0.206. The Bertz CT molecular complexity index is 704. The molecule has 0 saturated carbocycles. The van der Waals surface area contributed by atoms with E-state index in [9.17, 15) is 13.2 Å². The predicted octanol–water partition coefficient (Wildman–Crippen LogP) is 3.71. The van der Waals surface area contributed by atoms with Gasteiger partial charge in [0.2, 0.25) is 0 Å². The Balaban J connectivity index is 2.11. The van der Waals surface area contributed by atoms with E-state index in [1.807, 2.05) is 0 Å². The van der Waals surface area contributed by atoms with Crippen molar-refractivity contribution in [3.63, 3.8) is 0 Å². The molecule has 0 bridgehead atoms. The van der Waals surface area contributed by atoms with Crippen molar-refractivity contribution in [2.45, 2.75) is 10.6 Å². The van der Waals surface area contributed by atoms with E-state index in [1.54, 1.807) is 12.1 Å². The van der Waals surface area contributed by atoms with Gasteiger partial charge in [-0.05, 0) is 35.9 Å². The summed E-state index contributed by atoms with van der Waals surface area (Å²) in [4.78, 5) is 0.154. The summed E-state index contributed by atoms with van der Waals surface area (Å²) in [6.07, 6.45) is 0. The van der Waals surface area contributed by atoms with Crippen molar-refractivity contribution in [2.75, 3.05) is 6.54 Å². The molecule has 108 valence electrons. The van der Waals surface area contributed by atoms with Gasteiger partial charge in [0.1, 0.15) is 17.5 Å². The van der Waals surface area contributed by atoms with E-state index >= 15 is 0 Å². The van der Waals surface area contributed by atoms with Gasteiger partial charge in [0.25, 0.3) is 0 Å². The maximum Gasteiger partial charge on any atom is 0.136 e. The normalized spacial score (nSPS) is 10.1. The van der Waals surface area contributed by atoms with Crippen molar-refractivity contribution >= 4 is 11.8 Å². The summed E-state index contributed by atoms with van der Waals surface area (Å²) >= 11 is 1.04. The number of halogens is 3. The minimum Gasteiger partial charge on any atom is -0.320 e. The van der Waals surface area contributed by atoms with Crippen molar-refractivity contribution in [3.8, 4) is 11.8 Å². The first-order valence-corrected chi connectivity index (χ1v) is 7.14. The Labute approximate surface area is 125 Å². The van der Waals surface area contributed by atoms with Gasteiger partial charge in [0.05, 0.1) is 6.54 Å². The van der Waals surface area contributed by atoms with Gasteiger partial charge in [0.15, 0.2) is 0 Å². The molecule has 0 aliphatic heterocycles. The maximum absolute atomic E-state index is 13.9. The Morgan fingerprint density at radius 3 is 2.52 bits per heavy atom. The minimum absolute atomic E-state index is 0.154. The average Bonchev–Trinajstić information content (AvgIpc) is 2.47. The second kappa shape index (κ2) is 7.21. The number of nitrogens with two attached hydrogens (primary N) is 1. The van der Waals surface area contributed by atoms with Crippen LogP contribution in [0, 0.1) is 29.3 Å². The van der Waals surface area contributed by atoms with Gasteiger partial charge in [-0.25, -0.2) is 13.2 Å². The zero-order chi connectivity index (χ0) is 15.2. The molecule has 0 fully saturated rings. The lowest BCUT2D eigenvalue weighted by atomic mass is 10.1. The number of hydrogen-bond acceptors (Lipinski definition) is 2. The first kappa shape index (κ1) is 15.5. The quantitative estimate of drug-likeness (QED) is 0.691. The van der Waals surface area contributed by atoms with Crippen molar-refractivity contribution in [2.24, 2.45) is 5.73 Å². The van der Waals surface area contributed by atoms with Crippen LogP contribution in [0.4, 0.5) is 13.2 Å². The first-order valence-electron chi connectivity index (χ1n) is 6.15. The van der Waals surface area contributed by atoms with E-state index in [0.717, 1.165) is 30.0 Å². The highest BCUT2D eigenvalue weighted by molar-refractivity contribution is 7.98. The predicted molar refractivity (Wildman–Crippen MR) is 78.3 cm³/mol. The van der Waals surface area contributed by atoms with Crippen LogP contribution in [0.3, 0.4) is 0 Å². The molecular weight excluding hydrogens is 295 g/mol. The van der Waals surface area contributed by atoms with Crippen LogP contribution in [0.25, 0.3) is 0 Å². The second-order valence-electron chi connectivity index (χ2n) is 4.18. The third-order valence-corrected chi connectivity index (χ3v) is 3.74. The van der Waals surface area contributed by atoms with Crippen LogP contribution in [-0.4, -0.2) is 6.54 Å². The van der Waals surface area contributed by atoms with E-state index in [2.05, 4.69) is 11.8 Å². The van der Waals surface area contributed by atoms with Gasteiger partial charge < -0.3 is 5.73 Å². The molecule has 0 unspecified atom stereocenters. The molecule has 0 amide bonds. The molecule has 2 N–H and O–H groups in total. The second-order valence-corrected chi connectivity index (χ2v) is 5.19. The Morgan fingerprint density at radius 1 is 1.00 bits per heavy atom. The molecule has 0 spiro atoms. The van der Waals surface area contributed by atoms with Gasteiger partial charge >= 0.3 is 0 Å². The molecule has 0 aromatic heterocycles. The summed E-state index contributed by atoms with van der Waals surface area (Å²) in [5.41, 5.74) is 6.18. The molecule has 21 heavy (non-hydrogen) atoms. The number of thioether (sulfide) groups is 1. The Kier molecular flexibility index (Phi) is 5.32. The van der Waals surface area contributed by atoms with Crippen molar-refractivity contribution in [1.82, 2.24) is 0 Å². The van der Waals surface area contributed by atoms with Crippen molar-refractivity contribution in [3.05, 3.63) is 65.0 Å². The van der Waals surface area contributed by atoms with E-state index in [-0.39, 0.29) is 17.2 Å². The number of benzene rings is 2. The van der Waals surface area contributed by atoms with Crippen LogP contribution < -0.4 is 5.73 Å². The van der Waals surface area contributed by atoms with Crippen molar-refractivity contribution in [1.29, 1.82) is 0 Å². The molecule has 0 aliphatic carbocycles. The molecule has 1 nitrogen and oxygen atoms in total. The van der Waals surface area contributed by atoms with E-state index in [0.29, 0.717) is 11.1 Å². The number of rotatable bonds is 3. The van der Waals surface area contributed by atoms with Gasteiger partial charge in [0, 0.05) is 16.2 Å². The molecule has 0 radical (unpaired) electrons. The van der Waals surface area contributed by atoms with Gasteiger partial charge in [-0.1, -0.05) is 17.9 Å². The number of hydrogen-bond donors (Lipinski definition) is 1. The van der Waals surface area contributed by atoms with Gasteiger partial charge in [-0.2, -0.15) is 0 Å². The molecule has 0 atom stereocenters. The fourth-order valence-corrected chi connectivity index (χ4v) is 2.59. The summed E-state index contributed by atoms with van der Waals surface area (Å²) in [6, 6.07) is 7.76. The molecule has 0 saturated heterocycles. The highest BCUT2D eigenvalue weighted by Gasteiger charge is 2.08. The fraction of sp³-hybridized carbons (Fsp3) is 0.125. The topological polar surface area (TPSA) is 26.0 Å². The largest absolute Gasteiger partial charge is 0.320 e. The molecule has 2 aromatic rings. The van der Waals surface area contributed by atoms with Crippen LogP contribution in [0.2, 0.25) is 0 Å². The first-order chi connectivity index (χ1) is 10.1. The van der Waals surface area contributed by atoms with E-state index < -0.39 is 17.5 Å². The minimum atomic E-state index is -0.522. The van der Waals surface area contributed by atoms with Crippen LogP contribution >= 0.6 is 11.8 Å². The Hall–Kier alpha value is -1.90. The van der Waals surface area contributed by atoms with Crippen LogP contribution in [0.5, 0.6) is 0 Å². The van der Waals surface area contributed by atoms with Crippen molar-refractivity contribution < 1.29 is 13.2 Å². The Morgan fingerprint density at radius 2 is 1.81 bits per heavy atom. The van der Waals surface area contributed by atoms with E-state index in [1.165, 1.54) is 6.07 Å². The molecule has 2 aromatic carbocycles. The third kappa shape index (κ3) is 4.28. The van der Waals surface area contributed by atoms with Gasteiger partial charge in [-0.3, -0.25) is 0 Å². The van der Waals surface area contributed by atoms with Crippen LogP contribution in [-0.2, 0) is 5.75 Å². The lowest BCUT2D eigenvalue weighted by molar-refractivity contribution is 0.577. The van der Waals surface area contributed by atoms with Gasteiger partial charge in [-0.15, -0.1) is 11.8 Å². The average molecular weight is 307 g/mol. The van der Waals surface area contributed by atoms with Crippen LogP contribution in [0.1, 0.15) is 11.1 Å². The molecule has 0 heterocycles. The SMILES string of the molecule is NCC#Cc1ccc(CSc2cc(F)ccc2F)c(F)c1. The lowest BCUT2D eigenvalue weighted by Crippen LogP contribution is -1.94. The smallest absolute Gasteiger partial charge is 0.136 e. The molecular formula is C16H12F3NS. The summed E-state index contributed by atoms with van der Waals surface area (Å²) in [5.74, 6) is 4.10.